The Labute approximate surface area is 139 Å². The fourth-order valence-corrected chi connectivity index (χ4v) is 1.45. The van der Waals surface area contributed by atoms with Crippen LogP contribution in [0.2, 0.25) is 0 Å². The molecule has 5 N–H and O–H groups in total. The van der Waals surface area contributed by atoms with Gasteiger partial charge < -0.3 is 25.0 Å². The van der Waals surface area contributed by atoms with E-state index in [1.54, 1.807) is 37.4 Å². The zero-order valence-electron chi connectivity index (χ0n) is 12.8. The van der Waals surface area contributed by atoms with Crippen molar-refractivity contribution in [2.75, 3.05) is 0 Å². The smallest absolute Gasteiger partial charge is 0.402 e. The first kappa shape index (κ1) is 19.0. The number of nitrogens with one attached hydrogen (secondary N) is 2. The van der Waals surface area contributed by atoms with E-state index in [0.717, 1.165) is 5.52 Å². The first-order valence-electron chi connectivity index (χ1n) is 6.89. The second kappa shape index (κ2) is 12.5. The number of aromatic nitrogens is 5. The molecule has 0 aliphatic carbocycles. The highest BCUT2D eigenvalue weighted by Gasteiger charge is 1.92. The molecule has 0 unspecified atom stereocenters. The van der Waals surface area contributed by atoms with Crippen LogP contribution in [0.3, 0.4) is 0 Å². The van der Waals surface area contributed by atoms with Gasteiger partial charge in [0.2, 0.25) is 0 Å². The van der Waals surface area contributed by atoms with Gasteiger partial charge in [0.25, 0.3) is 0 Å². The second-order valence-corrected chi connectivity index (χ2v) is 4.06. The average Bonchev–Trinajstić information content (AvgIpc) is 3.32. The third-order valence-corrected chi connectivity index (χ3v) is 2.32. The molecule has 0 aliphatic rings. The van der Waals surface area contributed by atoms with E-state index in [-0.39, 0.29) is 0 Å². The Hall–Kier alpha value is -3.01. The van der Waals surface area contributed by atoms with Crippen molar-refractivity contribution >= 4 is 18.2 Å². The van der Waals surface area contributed by atoms with Crippen LogP contribution in [0.25, 0.3) is 10.9 Å². The molecule has 4 aromatic rings. The second-order valence-electron chi connectivity index (χ2n) is 4.06. The number of benzene rings is 1. The largest absolute Gasteiger partial charge is 0.631 e. The van der Waals surface area contributed by atoms with E-state index in [2.05, 4.69) is 37.1 Å². The SMILES string of the molecule is OB(O)O.c1c[nH]cn1.c1c[nH]cn1.c1ccc2ncccc2c1. The number of pyridine rings is 1. The number of fused-ring (bicyclic) bond motifs is 1. The number of H-pyrrole nitrogens is 2. The fraction of sp³-hybridized carbons (Fsp3) is 0. The summed E-state index contributed by atoms with van der Waals surface area (Å²) in [5.41, 5.74) is 1.06. The predicted octanol–water partition coefficient (Wildman–Crippen LogP) is 1.00. The number of para-hydroxylation sites is 1. The number of imidazole rings is 2. The molecule has 1 aromatic carbocycles. The standard InChI is InChI=1S/C9H7N.2C3H4N2.BH3O3/c1-2-6-9-8(4-1)5-3-7-10-9;2*1-2-5-3-4-1;2-1(3)4/h1-7H;2*1-3H,(H,4,5);2-4H. The highest BCUT2D eigenvalue weighted by Crippen LogP contribution is 2.07. The minimum atomic E-state index is -2.17. The minimum Gasteiger partial charge on any atom is -0.402 e. The van der Waals surface area contributed by atoms with Gasteiger partial charge in [0.15, 0.2) is 0 Å². The third kappa shape index (κ3) is 9.85. The van der Waals surface area contributed by atoms with E-state index in [1.165, 1.54) is 5.39 Å². The van der Waals surface area contributed by atoms with Crippen LogP contribution in [-0.2, 0) is 0 Å². The van der Waals surface area contributed by atoms with Gasteiger partial charge in [-0.15, -0.1) is 0 Å². The summed E-state index contributed by atoms with van der Waals surface area (Å²) in [6, 6.07) is 12.1. The monoisotopic (exact) mass is 327 g/mol. The highest BCUT2D eigenvalue weighted by molar-refractivity contribution is 6.30. The number of hydrogen-bond donors (Lipinski definition) is 5. The molecule has 0 saturated carbocycles. The molecular formula is C15H18BN5O3. The topological polar surface area (TPSA) is 131 Å². The molecule has 0 saturated heterocycles. The Balaban J connectivity index is 0.000000175. The van der Waals surface area contributed by atoms with Crippen molar-refractivity contribution in [3.8, 4) is 0 Å². The summed E-state index contributed by atoms with van der Waals surface area (Å²) >= 11 is 0. The van der Waals surface area contributed by atoms with E-state index in [9.17, 15) is 0 Å². The quantitative estimate of drug-likeness (QED) is 0.306. The summed E-state index contributed by atoms with van der Waals surface area (Å²) in [6.07, 6.45) is 12.0. The Morgan fingerprint density at radius 1 is 0.750 bits per heavy atom. The molecule has 3 aromatic heterocycles. The molecule has 0 amide bonds. The van der Waals surface area contributed by atoms with E-state index < -0.39 is 7.32 Å². The molecule has 0 aliphatic heterocycles. The molecule has 24 heavy (non-hydrogen) atoms. The van der Waals surface area contributed by atoms with Crippen LogP contribution >= 0.6 is 0 Å². The summed E-state index contributed by atoms with van der Waals surface area (Å²) in [4.78, 5) is 17.0. The van der Waals surface area contributed by atoms with E-state index in [0.29, 0.717) is 0 Å². The van der Waals surface area contributed by atoms with Gasteiger partial charge in [-0.2, -0.15) is 0 Å². The molecule has 4 rings (SSSR count). The molecule has 124 valence electrons. The molecular weight excluding hydrogens is 309 g/mol. The van der Waals surface area contributed by atoms with Crippen molar-refractivity contribution in [2.24, 2.45) is 0 Å². The van der Waals surface area contributed by atoms with E-state index >= 15 is 0 Å². The number of hydrogen-bond acceptors (Lipinski definition) is 6. The van der Waals surface area contributed by atoms with Crippen LogP contribution in [-0.4, -0.2) is 47.3 Å². The first-order valence-corrected chi connectivity index (χ1v) is 6.89. The predicted molar refractivity (Wildman–Crippen MR) is 91.3 cm³/mol. The van der Waals surface area contributed by atoms with Crippen molar-refractivity contribution in [2.45, 2.75) is 0 Å². The minimum absolute atomic E-state index is 1.06. The molecule has 8 nitrogen and oxygen atoms in total. The number of rotatable bonds is 0. The van der Waals surface area contributed by atoms with Gasteiger partial charge in [-0.3, -0.25) is 4.98 Å². The Morgan fingerprint density at radius 3 is 1.71 bits per heavy atom. The van der Waals surface area contributed by atoms with Crippen molar-refractivity contribution in [3.63, 3.8) is 0 Å². The maximum atomic E-state index is 7.17. The normalized spacial score (nSPS) is 8.62. The number of nitrogens with zero attached hydrogens (tertiary/aromatic N) is 3. The zero-order valence-corrected chi connectivity index (χ0v) is 12.8. The van der Waals surface area contributed by atoms with Crippen LogP contribution in [0.4, 0.5) is 0 Å². The van der Waals surface area contributed by atoms with Gasteiger partial charge in [0.05, 0.1) is 18.2 Å². The maximum Gasteiger partial charge on any atom is 0.631 e. The molecule has 0 radical (unpaired) electrons. The molecule has 3 heterocycles. The Kier molecular flexibility index (Phi) is 9.94. The van der Waals surface area contributed by atoms with E-state index in [4.69, 9.17) is 15.1 Å². The molecule has 0 fully saturated rings. The molecule has 0 bridgehead atoms. The summed E-state index contributed by atoms with van der Waals surface area (Å²) in [7, 11) is -2.17. The Morgan fingerprint density at radius 2 is 1.29 bits per heavy atom. The lowest BCUT2D eigenvalue weighted by molar-refractivity contribution is 0.278. The molecule has 0 spiro atoms. The van der Waals surface area contributed by atoms with Gasteiger partial charge in [0.1, 0.15) is 0 Å². The number of aromatic amines is 2. The first-order chi connectivity index (χ1) is 11.7. The van der Waals surface area contributed by atoms with Crippen LogP contribution in [0.5, 0.6) is 0 Å². The van der Waals surface area contributed by atoms with Crippen LogP contribution in [0, 0.1) is 0 Å². The summed E-state index contributed by atoms with van der Waals surface area (Å²) in [6.45, 7) is 0. The van der Waals surface area contributed by atoms with Crippen LogP contribution in [0.1, 0.15) is 0 Å². The lowest BCUT2D eigenvalue weighted by Gasteiger charge is -1.91. The fourth-order valence-electron chi connectivity index (χ4n) is 1.45. The lowest BCUT2D eigenvalue weighted by Crippen LogP contribution is -2.07. The van der Waals surface area contributed by atoms with E-state index in [1.807, 2.05) is 30.5 Å². The van der Waals surface area contributed by atoms with Crippen molar-refractivity contribution in [1.82, 2.24) is 24.9 Å². The van der Waals surface area contributed by atoms with Gasteiger partial charge in [-0.1, -0.05) is 24.3 Å². The van der Waals surface area contributed by atoms with Crippen LogP contribution in [0.15, 0.2) is 80.0 Å². The van der Waals surface area contributed by atoms with Crippen LogP contribution < -0.4 is 0 Å². The zero-order chi connectivity index (χ0) is 17.5. The van der Waals surface area contributed by atoms with Crippen molar-refractivity contribution in [3.05, 3.63) is 80.0 Å². The van der Waals surface area contributed by atoms with Crippen molar-refractivity contribution < 1.29 is 15.1 Å². The van der Waals surface area contributed by atoms with Gasteiger partial charge in [-0.05, 0) is 12.1 Å². The molecule has 9 heteroatoms. The summed E-state index contributed by atoms with van der Waals surface area (Å²) in [5.74, 6) is 0. The maximum absolute atomic E-state index is 7.17. The molecule has 0 atom stereocenters. The third-order valence-electron chi connectivity index (χ3n) is 2.32. The average molecular weight is 327 g/mol. The Bertz CT molecular complexity index is 607. The lowest BCUT2D eigenvalue weighted by atomic mass is 10.2. The van der Waals surface area contributed by atoms with Gasteiger partial charge in [0, 0.05) is 36.4 Å². The summed E-state index contributed by atoms with van der Waals surface area (Å²) in [5, 5.41) is 22.7. The summed E-state index contributed by atoms with van der Waals surface area (Å²) < 4.78 is 0. The van der Waals surface area contributed by atoms with Gasteiger partial charge >= 0.3 is 7.32 Å². The van der Waals surface area contributed by atoms with Crippen molar-refractivity contribution in [1.29, 1.82) is 0 Å². The highest BCUT2D eigenvalue weighted by atomic mass is 16.5. The van der Waals surface area contributed by atoms with Gasteiger partial charge in [-0.25, -0.2) is 9.97 Å².